The summed E-state index contributed by atoms with van der Waals surface area (Å²) in [6.45, 7) is 1.00. The first-order valence-corrected chi connectivity index (χ1v) is 8.42. The largest absolute Gasteiger partial charge is 0.325 e. The molecule has 28 heavy (non-hydrogen) atoms. The number of anilines is 1. The SMILES string of the molecule is CCC1(c2ccc(F)cc2)NC(=O)N(CC(=O)Nc2ccc(F)cc2F)C1=O. The highest BCUT2D eigenvalue weighted by Crippen LogP contribution is 2.32. The molecule has 2 N–H and O–H groups in total. The van der Waals surface area contributed by atoms with Crippen molar-refractivity contribution in [3.05, 3.63) is 65.5 Å². The summed E-state index contributed by atoms with van der Waals surface area (Å²) in [4.78, 5) is 38.1. The lowest BCUT2D eigenvalue weighted by atomic mass is 9.87. The second-order valence-electron chi connectivity index (χ2n) is 6.26. The molecule has 1 saturated heterocycles. The predicted molar refractivity (Wildman–Crippen MR) is 93.6 cm³/mol. The van der Waals surface area contributed by atoms with Crippen molar-refractivity contribution < 1.29 is 27.6 Å². The molecule has 0 saturated carbocycles. The Morgan fingerprint density at radius 2 is 1.71 bits per heavy atom. The fourth-order valence-corrected chi connectivity index (χ4v) is 3.07. The summed E-state index contributed by atoms with van der Waals surface area (Å²) in [5.74, 6) is -3.80. The number of carbonyl (C=O) groups excluding carboxylic acids is 3. The number of hydrogen-bond acceptors (Lipinski definition) is 3. The quantitative estimate of drug-likeness (QED) is 0.770. The molecule has 9 heteroatoms. The van der Waals surface area contributed by atoms with Crippen molar-refractivity contribution in [2.24, 2.45) is 0 Å². The summed E-state index contributed by atoms with van der Waals surface area (Å²) in [5, 5.41) is 4.75. The van der Waals surface area contributed by atoms with Gasteiger partial charge in [-0.25, -0.2) is 18.0 Å². The molecule has 0 spiro atoms. The Morgan fingerprint density at radius 3 is 2.32 bits per heavy atom. The zero-order valence-electron chi connectivity index (χ0n) is 14.8. The second-order valence-corrected chi connectivity index (χ2v) is 6.26. The van der Waals surface area contributed by atoms with E-state index in [-0.39, 0.29) is 12.1 Å². The van der Waals surface area contributed by atoms with Gasteiger partial charge in [0.25, 0.3) is 5.91 Å². The Bertz CT molecular complexity index is 949. The van der Waals surface area contributed by atoms with Crippen LogP contribution in [0.2, 0.25) is 0 Å². The fraction of sp³-hybridized carbons (Fsp3) is 0.211. The number of nitrogens with one attached hydrogen (secondary N) is 2. The van der Waals surface area contributed by atoms with Gasteiger partial charge in [-0.1, -0.05) is 19.1 Å². The van der Waals surface area contributed by atoms with Crippen LogP contribution in [-0.2, 0) is 15.1 Å². The second kappa shape index (κ2) is 7.34. The van der Waals surface area contributed by atoms with Crippen LogP contribution in [0.15, 0.2) is 42.5 Å². The van der Waals surface area contributed by atoms with E-state index in [2.05, 4.69) is 10.6 Å². The molecule has 0 aromatic heterocycles. The molecule has 1 fully saturated rings. The minimum atomic E-state index is -1.42. The van der Waals surface area contributed by atoms with E-state index in [4.69, 9.17) is 0 Å². The Hall–Kier alpha value is -3.36. The molecule has 3 rings (SSSR count). The van der Waals surface area contributed by atoms with Gasteiger partial charge in [0.2, 0.25) is 5.91 Å². The molecule has 0 aliphatic carbocycles. The number of benzene rings is 2. The van der Waals surface area contributed by atoms with Crippen molar-refractivity contribution in [2.75, 3.05) is 11.9 Å². The van der Waals surface area contributed by atoms with E-state index in [9.17, 15) is 27.6 Å². The van der Waals surface area contributed by atoms with Gasteiger partial charge >= 0.3 is 6.03 Å². The summed E-state index contributed by atoms with van der Waals surface area (Å²) < 4.78 is 39.8. The van der Waals surface area contributed by atoms with Crippen molar-refractivity contribution in [3.8, 4) is 0 Å². The van der Waals surface area contributed by atoms with Crippen molar-refractivity contribution in [2.45, 2.75) is 18.9 Å². The van der Waals surface area contributed by atoms with Crippen molar-refractivity contribution >= 4 is 23.5 Å². The minimum Gasteiger partial charge on any atom is -0.322 e. The molecule has 1 aliphatic heterocycles. The first-order valence-electron chi connectivity index (χ1n) is 8.42. The Kier molecular flexibility index (Phi) is 5.08. The van der Waals surface area contributed by atoms with Gasteiger partial charge in [0.1, 0.15) is 29.5 Å². The number of rotatable bonds is 5. The molecule has 0 bridgehead atoms. The van der Waals surface area contributed by atoms with Crippen LogP contribution in [0.3, 0.4) is 0 Å². The maximum Gasteiger partial charge on any atom is 0.325 e. The lowest BCUT2D eigenvalue weighted by molar-refractivity contribution is -0.134. The maximum atomic E-state index is 13.7. The smallest absolute Gasteiger partial charge is 0.322 e. The van der Waals surface area contributed by atoms with Crippen molar-refractivity contribution in [3.63, 3.8) is 0 Å². The van der Waals surface area contributed by atoms with Gasteiger partial charge in [-0.2, -0.15) is 0 Å². The van der Waals surface area contributed by atoms with Gasteiger partial charge in [0.05, 0.1) is 5.69 Å². The van der Waals surface area contributed by atoms with Crippen molar-refractivity contribution in [1.82, 2.24) is 10.2 Å². The van der Waals surface area contributed by atoms with Gasteiger partial charge in [0.15, 0.2) is 0 Å². The third-order valence-electron chi connectivity index (χ3n) is 4.55. The van der Waals surface area contributed by atoms with E-state index in [0.717, 1.165) is 12.1 Å². The number of carbonyl (C=O) groups is 3. The third-order valence-corrected chi connectivity index (χ3v) is 4.55. The van der Waals surface area contributed by atoms with Gasteiger partial charge in [-0.05, 0) is 36.2 Å². The van der Waals surface area contributed by atoms with Gasteiger partial charge < -0.3 is 10.6 Å². The average Bonchev–Trinajstić information content (AvgIpc) is 2.90. The average molecular weight is 391 g/mol. The fourth-order valence-electron chi connectivity index (χ4n) is 3.07. The van der Waals surface area contributed by atoms with Crippen LogP contribution in [0.25, 0.3) is 0 Å². The normalized spacial score (nSPS) is 18.9. The summed E-state index contributed by atoms with van der Waals surface area (Å²) in [6, 6.07) is 6.89. The number of hydrogen-bond donors (Lipinski definition) is 2. The number of urea groups is 1. The maximum absolute atomic E-state index is 13.7. The first-order chi connectivity index (χ1) is 13.3. The lowest BCUT2D eigenvalue weighted by Gasteiger charge is -2.25. The predicted octanol–water partition coefficient (Wildman–Crippen LogP) is 2.90. The molecule has 0 radical (unpaired) electrons. The highest BCUT2D eigenvalue weighted by molar-refractivity contribution is 6.10. The van der Waals surface area contributed by atoms with E-state index in [1.807, 2.05) is 0 Å². The Labute approximate surface area is 158 Å². The molecule has 1 aliphatic rings. The van der Waals surface area contributed by atoms with Crippen LogP contribution >= 0.6 is 0 Å². The molecule has 2 aromatic rings. The Balaban J connectivity index is 1.79. The van der Waals surface area contributed by atoms with Crippen molar-refractivity contribution in [1.29, 1.82) is 0 Å². The minimum absolute atomic E-state index is 0.175. The van der Waals surface area contributed by atoms with Gasteiger partial charge in [0, 0.05) is 6.07 Å². The highest BCUT2D eigenvalue weighted by atomic mass is 19.1. The summed E-state index contributed by atoms with van der Waals surface area (Å²) in [6.07, 6.45) is 0.175. The molecule has 2 aromatic carbocycles. The summed E-state index contributed by atoms with van der Waals surface area (Å²) in [7, 11) is 0. The standard InChI is InChI=1S/C19H16F3N3O3/c1-2-19(11-3-5-12(20)6-4-11)17(27)25(18(28)24-19)10-16(26)23-15-8-7-13(21)9-14(15)22/h3-9H,2,10H2,1H3,(H,23,26)(H,24,28). The van der Waals surface area contributed by atoms with Crippen LogP contribution in [0.4, 0.5) is 23.7 Å². The molecule has 1 unspecified atom stereocenters. The molecule has 1 heterocycles. The molecular formula is C19H16F3N3O3. The lowest BCUT2D eigenvalue weighted by Crippen LogP contribution is -2.44. The first kappa shape index (κ1) is 19.4. The summed E-state index contributed by atoms with van der Waals surface area (Å²) in [5.41, 5.74) is -1.33. The van der Waals surface area contributed by atoms with Crippen LogP contribution in [0.5, 0.6) is 0 Å². The van der Waals surface area contributed by atoms with Crippen LogP contribution in [0, 0.1) is 17.5 Å². The van der Waals surface area contributed by atoms with E-state index >= 15 is 0 Å². The Morgan fingerprint density at radius 1 is 1.07 bits per heavy atom. The number of halogens is 3. The topological polar surface area (TPSA) is 78.5 Å². The van der Waals surface area contributed by atoms with E-state index in [0.29, 0.717) is 16.5 Å². The molecule has 146 valence electrons. The zero-order chi connectivity index (χ0) is 20.5. The molecule has 6 nitrogen and oxygen atoms in total. The number of amides is 4. The summed E-state index contributed by atoms with van der Waals surface area (Å²) >= 11 is 0. The van der Waals surface area contributed by atoms with E-state index in [1.54, 1.807) is 6.92 Å². The van der Waals surface area contributed by atoms with Gasteiger partial charge in [-0.3, -0.25) is 14.5 Å². The third kappa shape index (κ3) is 3.42. The van der Waals surface area contributed by atoms with E-state index < -0.39 is 47.4 Å². The van der Waals surface area contributed by atoms with Crippen LogP contribution < -0.4 is 10.6 Å². The van der Waals surface area contributed by atoms with Crippen LogP contribution in [-0.4, -0.2) is 29.3 Å². The zero-order valence-corrected chi connectivity index (χ0v) is 14.8. The monoisotopic (exact) mass is 391 g/mol. The molecular weight excluding hydrogens is 375 g/mol. The van der Waals surface area contributed by atoms with E-state index in [1.165, 1.54) is 24.3 Å². The molecule has 4 amide bonds. The number of imide groups is 1. The highest BCUT2D eigenvalue weighted by Gasteiger charge is 2.51. The van der Waals surface area contributed by atoms with Crippen LogP contribution in [0.1, 0.15) is 18.9 Å². The number of nitrogens with zero attached hydrogens (tertiary/aromatic N) is 1. The molecule has 1 atom stereocenters. The van der Waals surface area contributed by atoms with Gasteiger partial charge in [-0.15, -0.1) is 0 Å².